The number of halogens is 6. The maximum atomic E-state index is 12.7. The van der Waals surface area contributed by atoms with E-state index in [1.165, 1.54) is 5.51 Å². The average Bonchev–Trinajstić information content (AvgIpc) is 2.88. The fourth-order valence-corrected chi connectivity index (χ4v) is 3.42. The third-order valence-corrected chi connectivity index (χ3v) is 4.70. The number of hydrogen-bond acceptors (Lipinski definition) is 4. The van der Waals surface area contributed by atoms with E-state index in [0.717, 1.165) is 17.5 Å². The Balaban J connectivity index is 2.57. The standard InChI is InChI=1S/C11H6F6N2O2S2/c12-10(13,14)6-1-7(11(15,16)17)3-8(2-6)23(20,21)19-9-4-18-5-22-9/h1-5,19H. The molecule has 0 radical (unpaired) electrons. The van der Waals surface area contributed by atoms with Gasteiger partial charge in [-0.3, -0.25) is 9.71 Å². The molecule has 4 nitrogen and oxygen atoms in total. The molecule has 0 aliphatic heterocycles. The van der Waals surface area contributed by atoms with E-state index in [1.807, 2.05) is 4.72 Å². The number of thiazole rings is 1. The van der Waals surface area contributed by atoms with E-state index in [4.69, 9.17) is 0 Å². The van der Waals surface area contributed by atoms with Crippen molar-refractivity contribution in [1.29, 1.82) is 0 Å². The number of rotatable bonds is 3. The van der Waals surface area contributed by atoms with E-state index >= 15 is 0 Å². The summed E-state index contributed by atoms with van der Waals surface area (Å²) in [5, 5.41) is -0.0454. The van der Waals surface area contributed by atoms with Crippen LogP contribution in [0.2, 0.25) is 0 Å². The van der Waals surface area contributed by atoms with Crippen LogP contribution < -0.4 is 4.72 Å². The van der Waals surface area contributed by atoms with Gasteiger partial charge in [0.1, 0.15) is 5.00 Å². The van der Waals surface area contributed by atoms with E-state index in [-0.39, 0.29) is 23.2 Å². The molecule has 0 spiro atoms. The molecule has 0 atom stereocenters. The Morgan fingerprint density at radius 3 is 1.87 bits per heavy atom. The van der Waals surface area contributed by atoms with E-state index < -0.39 is 38.4 Å². The van der Waals surface area contributed by atoms with Gasteiger partial charge in [0.25, 0.3) is 10.0 Å². The van der Waals surface area contributed by atoms with E-state index in [9.17, 15) is 34.8 Å². The average molecular weight is 376 g/mol. The van der Waals surface area contributed by atoms with Crippen molar-refractivity contribution in [3.05, 3.63) is 41.0 Å². The Morgan fingerprint density at radius 2 is 1.48 bits per heavy atom. The fraction of sp³-hybridized carbons (Fsp3) is 0.182. The van der Waals surface area contributed by atoms with E-state index in [1.54, 1.807) is 0 Å². The highest BCUT2D eigenvalue weighted by Gasteiger charge is 2.38. The Bertz CT molecular complexity index is 765. The predicted octanol–water partition coefficient (Wildman–Crippen LogP) is 3.98. The molecule has 1 aromatic carbocycles. The second-order valence-electron chi connectivity index (χ2n) is 4.21. The molecule has 12 heteroatoms. The van der Waals surface area contributed by atoms with Crippen molar-refractivity contribution >= 4 is 26.4 Å². The summed E-state index contributed by atoms with van der Waals surface area (Å²) in [5.74, 6) is 0. The van der Waals surface area contributed by atoms with Crippen LogP contribution in [0.15, 0.2) is 34.8 Å². The lowest BCUT2D eigenvalue weighted by molar-refractivity contribution is -0.143. The molecule has 0 saturated heterocycles. The number of aromatic nitrogens is 1. The van der Waals surface area contributed by atoms with Gasteiger partial charge < -0.3 is 0 Å². The largest absolute Gasteiger partial charge is 0.416 e. The highest BCUT2D eigenvalue weighted by atomic mass is 32.2. The number of hydrogen-bond donors (Lipinski definition) is 1. The van der Waals surface area contributed by atoms with Gasteiger partial charge in [-0.1, -0.05) is 0 Å². The van der Waals surface area contributed by atoms with Crippen LogP contribution in [0.4, 0.5) is 31.3 Å². The fourth-order valence-electron chi connectivity index (χ4n) is 1.54. The number of nitrogens with one attached hydrogen (secondary N) is 1. The van der Waals surface area contributed by atoms with Crippen LogP contribution in [0, 0.1) is 0 Å². The number of anilines is 1. The molecule has 0 bridgehead atoms. The number of sulfonamides is 1. The lowest BCUT2D eigenvalue weighted by Gasteiger charge is -2.14. The molecule has 0 aliphatic rings. The molecule has 23 heavy (non-hydrogen) atoms. The van der Waals surface area contributed by atoms with Crippen LogP contribution in [0.1, 0.15) is 11.1 Å². The van der Waals surface area contributed by atoms with Crippen molar-refractivity contribution in [2.45, 2.75) is 17.2 Å². The molecule has 1 N–H and O–H groups in total. The number of nitrogens with zero attached hydrogens (tertiary/aromatic N) is 1. The highest BCUT2D eigenvalue weighted by Crippen LogP contribution is 2.37. The number of benzene rings is 1. The lowest BCUT2D eigenvalue weighted by atomic mass is 10.1. The van der Waals surface area contributed by atoms with Gasteiger partial charge in [-0.15, -0.1) is 11.3 Å². The predicted molar refractivity (Wildman–Crippen MR) is 69.4 cm³/mol. The zero-order valence-electron chi connectivity index (χ0n) is 10.7. The summed E-state index contributed by atoms with van der Waals surface area (Å²) in [6.45, 7) is 0. The monoisotopic (exact) mass is 376 g/mol. The lowest BCUT2D eigenvalue weighted by Crippen LogP contribution is -2.17. The quantitative estimate of drug-likeness (QED) is 0.825. The minimum Gasteiger partial charge on any atom is -0.269 e. The first kappa shape index (κ1) is 17.5. The molecule has 0 fully saturated rings. The first-order chi connectivity index (χ1) is 10.4. The Labute approximate surface area is 129 Å². The minimum absolute atomic E-state index is 0.0454. The van der Waals surface area contributed by atoms with Crippen molar-refractivity contribution in [3.63, 3.8) is 0 Å². The van der Waals surface area contributed by atoms with Gasteiger partial charge in [0, 0.05) is 0 Å². The van der Waals surface area contributed by atoms with Gasteiger partial charge in [0.2, 0.25) is 0 Å². The summed E-state index contributed by atoms with van der Waals surface area (Å²) in [5.41, 5.74) is -2.18. The third-order valence-electron chi connectivity index (χ3n) is 2.54. The molecule has 2 aromatic rings. The topological polar surface area (TPSA) is 59.1 Å². The molecule has 0 amide bonds. The molecular weight excluding hydrogens is 370 g/mol. The van der Waals surface area contributed by atoms with Crippen molar-refractivity contribution in [2.24, 2.45) is 0 Å². The summed E-state index contributed by atoms with van der Waals surface area (Å²) in [4.78, 5) is 2.40. The minimum atomic E-state index is -5.13. The maximum absolute atomic E-state index is 12.7. The third kappa shape index (κ3) is 4.13. The van der Waals surface area contributed by atoms with Crippen LogP contribution in [-0.2, 0) is 22.4 Å². The SMILES string of the molecule is O=S(=O)(Nc1cncs1)c1cc(C(F)(F)F)cc(C(F)(F)F)c1. The summed E-state index contributed by atoms with van der Waals surface area (Å²) >= 11 is 0.818. The van der Waals surface area contributed by atoms with Gasteiger partial charge in [-0.2, -0.15) is 26.3 Å². The highest BCUT2D eigenvalue weighted by molar-refractivity contribution is 7.93. The Kier molecular flexibility index (Phi) is 4.32. The van der Waals surface area contributed by atoms with Crippen molar-refractivity contribution in [1.82, 2.24) is 4.98 Å². The van der Waals surface area contributed by atoms with E-state index in [0.29, 0.717) is 0 Å². The Hall–Kier alpha value is -1.82. The van der Waals surface area contributed by atoms with Crippen LogP contribution in [0.5, 0.6) is 0 Å². The van der Waals surface area contributed by atoms with Gasteiger partial charge in [-0.05, 0) is 18.2 Å². The van der Waals surface area contributed by atoms with Crippen molar-refractivity contribution in [2.75, 3.05) is 4.72 Å². The molecule has 0 aliphatic carbocycles. The zero-order chi connectivity index (χ0) is 17.5. The van der Waals surface area contributed by atoms with Crippen LogP contribution in [0.25, 0.3) is 0 Å². The summed E-state index contributed by atoms with van der Waals surface area (Å²) < 4.78 is 102. The van der Waals surface area contributed by atoms with Crippen molar-refractivity contribution in [3.8, 4) is 0 Å². The second-order valence-corrected chi connectivity index (χ2v) is 6.78. The maximum Gasteiger partial charge on any atom is 0.416 e. The molecule has 2 rings (SSSR count). The first-order valence-electron chi connectivity index (χ1n) is 5.60. The van der Waals surface area contributed by atoms with Crippen LogP contribution >= 0.6 is 11.3 Å². The van der Waals surface area contributed by atoms with Gasteiger partial charge in [0.05, 0.1) is 27.7 Å². The Morgan fingerprint density at radius 1 is 0.957 bits per heavy atom. The first-order valence-corrected chi connectivity index (χ1v) is 7.97. The summed E-state index contributed by atoms with van der Waals surface area (Å²) in [6.07, 6.45) is -9.19. The van der Waals surface area contributed by atoms with Gasteiger partial charge >= 0.3 is 12.4 Å². The molecule has 0 unspecified atom stereocenters. The molecule has 0 saturated carbocycles. The number of alkyl halides is 6. The summed E-state index contributed by atoms with van der Waals surface area (Å²) in [7, 11) is -4.63. The summed E-state index contributed by atoms with van der Waals surface area (Å²) in [6, 6.07) is 0.128. The van der Waals surface area contributed by atoms with Crippen LogP contribution in [0.3, 0.4) is 0 Å². The van der Waals surface area contributed by atoms with Gasteiger partial charge in [0.15, 0.2) is 0 Å². The zero-order valence-corrected chi connectivity index (χ0v) is 12.4. The molecule has 1 heterocycles. The van der Waals surface area contributed by atoms with Gasteiger partial charge in [-0.25, -0.2) is 8.42 Å². The second kappa shape index (κ2) is 5.67. The van der Waals surface area contributed by atoms with Crippen molar-refractivity contribution < 1.29 is 34.8 Å². The molecular formula is C11H6F6N2O2S2. The van der Waals surface area contributed by atoms with Crippen LogP contribution in [-0.4, -0.2) is 13.4 Å². The normalized spacial score (nSPS) is 13.1. The molecule has 1 aromatic heterocycles. The van der Waals surface area contributed by atoms with E-state index in [2.05, 4.69) is 4.98 Å². The molecule has 126 valence electrons. The smallest absolute Gasteiger partial charge is 0.269 e.